The maximum Gasteiger partial charge on any atom is 0.224 e. The van der Waals surface area contributed by atoms with Gasteiger partial charge in [-0.05, 0) is 27.2 Å². The highest BCUT2D eigenvalue weighted by Crippen LogP contribution is 2.14. The summed E-state index contributed by atoms with van der Waals surface area (Å²) in [5.41, 5.74) is 4.72. The number of amides is 1. The molecule has 4 N–H and O–H groups in total. The van der Waals surface area contributed by atoms with Crippen LogP contribution in [0, 0.1) is 5.41 Å². The highest BCUT2D eigenvalue weighted by molar-refractivity contribution is 7.11. The zero-order chi connectivity index (χ0) is 16.6. The Kier molecular flexibility index (Phi) is 7.31. The second-order valence-corrected chi connectivity index (χ2v) is 6.89. The molecule has 0 fully saturated rings. The fraction of sp³-hybridized carbons (Fsp3) is 0.667. The van der Waals surface area contributed by atoms with E-state index in [1.807, 2.05) is 13.1 Å². The van der Waals surface area contributed by atoms with Gasteiger partial charge in [-0.2, -0.15) is 0 Å². The standard InChI is InChI=1S/C15H27N5OS/c1-5-11-9-19-12(22-11)7-8-18-14(17-6-2)20-10-15(3,4)13(16)21/h9H,5-8,10H2,1-4H3,(H2,16,21)(H2,17,18,20). The molecule has 7 heteroatoms. The van der Waals surface area contributed by atoms with Crippen LogP contribution in [0.25, 0.3) is 0 Å². The SMILES string of the molecule is CCNC(=NCC(C)(C)C(N)=O)NCCc1ncc(CC)s1. The maximum atomic E-state index is 11.3. The first kappa shape index (κ1) is 18.4. The Morgan fingerprint density at radius 1 is 1.41 bits per heavy atom. The van der Waals surface area contributed by atoms with Crippen molar-refractivity contribution in [2.45, 2.75) is 40.5 Å². The highest BCUT2D eigenvalue weighted by Gasteiger charge is 2.24. The normalized spacial score (nSPS) is 12.3. The third kappa shape index (κ3) is 6.01. The van der Waals surface area contributed by atoms with Crippen molar-refractivity contribution in [1.29, 1.82) is 0 Å². The zero-order valence-corrected chi connectivity index (χ0v) is 14.7. The Bertz CT molecular complexity index is 510. The van der Waals surface area contributed by atoms with Gasteiger partial charge in [-0.15, -0.1) is 11.3 Å². The molecule has 6 nitrogen and oxygen atoms in total. The van der Waals surface area contributed by atoms with E-state index in [1.54, 1.807) is 25.2 Å². The van der Waals surface area contributed by atoms with Crippen LogP contribution in [0.15, 0.2) is 11.2 Å². The number of aliphatic imine (C=N–C) groups is 1. The number of hydrogen-bond acceptors (Lipinski definition) is 4. The van der Waals surface area contributed by atoms with E-state index in [1.165, 1.54) is 4.88 Å². The van der Waals surface area contributed by atoms with E-state index >= 15 is 0 Å². The molecule has 0 saturated carbocycles. The van der Waals surface area contributed by atoms with E-state index in [4.69, 9.17) is 5.73 Å². The molecule has 0 aliphatic heterocycles. The second-order valence-electron chi connectivity index (χ2n) is 5.69. The number of nitrogens with one attached hydrogen (secondary N) is 2. The number of rotatable bonds is 8. The summed E-state index contributed by atoms with van der Waals surface area (Å²) < 4.78 is 0. The Morgan fingerprint density at radius 3 is 2.68 bits per heavy atom. The summed E-state index contributed by atoms with van der Waals surface area (Å²) in [6.45, 7) is 9.60. The van der Waals surface area contributed by atoms with Gasteiger partial charge in [0, 0.05) is 30.6 Å². The van der Waals surface area contributed by atoms with Crippen molar-refractivity contribution >= 4 is 23.2 Å². The minimum Gasteiger partial charge on any atom is -0.369 e. The molecule has 1 heterocycles. The molecule has 0 radical (unpaired) electrons. The van der Waals surface area contributed by atoms with Crippen molar-refractivity contribution in [1.82, 2.24) is 15.6 Å². The quantitative estimate of drug-likeness (QED) is 0.496. The summed E-state index contributed by atoms with van der Waals surface area (Å²) in [6, 6.07) is 0. The van der Waals surface area contributed by atoms with Gasteiger partial charge in [-0.25, -0.2) is 4.98 Å². The summed E-state index contributed by atoms with van der Waals surface area (Å²) in [4.78, 5) is 21.5. The van der Waals surface area contributed by atoms with Crippen molar-refractivity contribution < 1.29 is 4.79 Å². The zero-order valence-electron chi connectivity index (χ0n) is 13.9. The van der Waals surface area contributed by atoms with Crippen molar-refractivity contribution in [3.63, 3.8) is 0 Å². The molecule has 1 aromatic heterocycles. The topological polar surface area (TPSA) is 92.4 Å². The molecule has 0 bridgehead atoms. The van der Waals surface area contributed by atoms with Crippen LogP contribution in [0.5, 0.6) is 0 Å². The average Bonchev–Trinajstić information content (AvgIpc) is 2.92. The predicted octanol–water partition coefficient (Wildman–Crippen LogP) is 1.31. The smallest absolute Gasteiger partial charge is 0.224 e. The summed E-state index contributed by atoms with van der Waals surface area (Å²) in [5, 5.41) is 7.55. The molecule has 0 aromatic carbocycles. The Hall–Kier alpha value is -1.63. The lowest BCUT2D eigenvalue weighted by molar-refractivity contribution is -0.125. The molecule has 0 atom stereocenters. The maximum absolute atomic E-state index is 11.3. The average molecular weight is 325 g/mol. The molecule has 22 heavy (non-hydrogen) atoms. The van der Waals surface area contributed by atoms with E-state index in [2.05, 4.69) is 27.5 Å². The number of carbonyl (C=O) groups excluding carboxylic acids is 1. The van der Waals surface area contributed by atoms with Crippen LogP contribution in [-0.2, 0) is 17.6 Å². The number of nitrogens with zero attached hydrogens (tertiary/aromatic N) is 2. The first-order valence-corrected chi connectivity index (χ1v) is 8.46. The second kappa shape index (κ2) is 8.73. The minimum absolute atomic E-state index is 0.345. The number of aromatic nitrogens is 1. The van der Waals surface area contributed by atoms with Gasteiger partial charge in [-0.1, -0.05) is 6.92 Å². The van der Waals surface area contributed by atoms with Crippen molar-refractivity contribution in [2.24, 2.45) is 16.1 Å². The van der Waals surface area contributed by atoms with E-state index in [9.17, 15) is 4.79 Å². The van der Waals surface area contributed by atoms with Crippen molar-refractivity contribution in [2.75, 3.05) is 19.6 Å². The van der Waals surface area contributed by atoms with Gasteiger partial charge in [0.1, 0.15) is 0 Å². The van der Waals surface area contributed by atoms with Gasteiger partial charge >= 0.3 is 0 Å². The molecule has 0 aliphatic rings. The molecule has 0 saturated heterocycles. The van der Waals surface area contributed by atoms with Gasteiger partial charge in [0.05, 0.1) is 17.0 Å². The van der Waals surface area contributed by atoms with Crippen molar-refractivity contribution in [3.05, 3.63) is 16.1 Å². The molecule has 0 spiro atoms. The molecule has 1 rings (SSSR count). The van der Waals surface area contributed by atoms with E-state index in [-0.39, 0.29) is 5.91 Å². The summed E-state index contributed by atoms with van der Waals surface area (Å²) in [7, 11) is 0. The number of primary amides is 1. The molecule has 124 valence electrons. The van der Waals surface area contributed by atoms with Gasteiger partial charge in [0.15, 0.2) is 5.96 Å². The van der Waals surface area contributed by atoms with E-state index < -0.39 is 5.41 Å². The number of aryl methyl sites for hydroxylation is 1. The van der Waals surface area contributed by atoms with Crippen LogP contribution in [-0.4, -0.2) is 36.5 Å². The van der Waals surface area contributed by atoms with Gasteiger partial charge in [-0.3, -0.25) is 9.79 Å². The Labute approximate surface area is 136 Å². The van der Waals surface area contributed by atoms with E-state index in [0.29, 0.717) is 12.5 Å². The first-order chi connectivity index (χ1) is 10.4. The highest BCUT2D eigenvalue weighted by atomic mass is 32.1. The fourth-order valence-corrected chi connectivity index (χ4v) is 2.47. The van der Waals surface area contributed by atoms with Gasteiger partial charge < -0.3 is 16.4 Å². The van der Waals surface area contributed by atoms with Crippen LogP contribution in [0.2, 0.25) is 0 Å². The summed E-state index contributed by atoms with van der Waals surface area (Å²) in [6.07, 6.45) is 3.82. The van der Waals surface area contributed by atoms with Crippen LogP contribution < -0.4 is 16.4 Å². The Morgan fingerprint density at radius 2 is 2.14 bits per heavy atom. The van der Waals surface area contributed by atoms with Gasteiger partial charge in [0.2, 0.25) is 5.91 Å². The number of hydrogen-bond donors (Lipinski definition) is 3. The van der Waals surface area contributed by atoms with Crippen LogP contribution in [0.1, 0.15) is 37.6 Å². The summed E-state index contributed by atoms with van der Waals surface area (Å²) in [5.74, 6) is 0.353. The molecule has 0 unspecified atom stereocenters. The lowest BCUT2D eigenvalue weighted by Gasteiger charge is -2.19. The third-order valence-electron chi connectivity index (χ3n) is 3.22. The number of carbonyl (C=O) groups is 1. The molecule has 0 aliphatic carbocycles. The van der Waals surface area contributed by atoms with Crippen LogP contribution >= 0.6 is 11.3 Å². The number of guanidine groups is 1. The minimum atomic E-state index is -0.645. The fourth-order valence-electron chi connectivity index (χ4n) is 1.61. The molecule has 1 aromatic rings. The monoisotopic (exact) mass is 325 g/mol. The predicted molar refractivity (Wildman–Crippen MR) is 92.2 cm³/mol. The van der Waals surface area contributed by atoms with Gasteiger partial charge in [0.25, 0.3) is 0 Å². The van der Waals surface area contributed by atoms with Crippen LogP contribution in [0.4, 0.5) is 0 Å². The molecule has 1 amide bonds. The lowest BCUT2D eigenvalue weighted by Crippen LogP contribution is -2.40. The third-order valence-corrected chi connectivity index (χ3v) is 4.43. The number of thiazole rings is 1. The van der Waals surface area contributed by atoms with E-state index in [0.717, 1.165) is 30.9 Å². The Balaban J connectivity index is 2.51. The largest absolute Gasteiger partial charge is 0.369 e. The van der Waals surface area contributed by atoms with Crippen molar-refractivity contribution in [3.8, 4) is 0 Å². The molecular weight excluding hydrogens is 298 g/mol. The molecular formula is C15H27N5OS. The lowest BCUT2D eigenvalue weighted by atomic mass is 9.93. The number of nitrogens with two attached hydrogens (primary N) is 1. The van der Waals surface area contributed by atoms with Crippen LogP contribution in [0.3, 0.4) is 0 Å². The summed E-state index contributed by atoms with van der Waals surface area (Å²) >= 11 is 1.75. The first-order valence-electron chi connectivity index (χ1n) is 7.64.